The molecule has 118 valence electrons. The predicted molar refractivity (Wildman–Crippen MR) is 84.6 cm³/mol. The van der Waals surface area contributed by atoms with Crippen molar-refractivity contribution >= 4 is 17.0 Å². The molecule has 0 saturated carbocycles. The number of aliphatic hydroxyl groups is 1. The molecule has 2 N–H and O–H groups in total. The summed E-state index contributed by atoms with van der Waals surface area (Å²) in [5, 5.41) is 11.8. The largest absolute Gasteiger partial charge is 0.438 e. The fourth-order valence-electron chi connectivity index (χ4n) is 2.91. The minimum absolute atomic E-state index is 0.413. The van der Waals surface area contributed by atoms with Gasteiger partial charge in [0.25, 0.3) is 0 Å². The summed E-state index contributed by atoms with van der Waals surface area (Å²) in [5.41, 5.74) is 1.18. The van der Waals surface area contributed by atoms with Crippen LogP contribution in [0.1, 0.15) is 31.9 Å². The van der Waals surface area contributed by atoms with Crippen LogP contribution in [0.25, 0.3) is 10.9 Å². The number of carbonyl (C=O) groups excluding carboxylic acids is 1. The molecular weight excluding hydrogens is 280 g/mol. The van der Waals surface area contributed by atoms with Crippen LogP contribution < -0.4 is 0 Å². The molecule has 1 aliphatic heterocycles. The number of cyclic esters (lactones) is 1. The Labute approximate surface area is 129 Å². The number of benzene rings is 1. The quantitative estimate of drug-likeness (QED) is 0.916. The van der Waals surface area contributed by atoms with Crippen molar-refractivity contribution in [2.45, 2.75) is 45.4 Å². The average Bonchev–Trinajstić information content (AvgIpc) is 2.86. The Morgan fingerprint density at radius 1 is 1.32 bits per heavy atom. The summed E-state index contributed by atoms with van der Waals surface area (Å²) in [5.74, 6) is 0. The lowest BCUT2D eigenvalue weighted by atomic mass is 9.95. The first-order chi connectivity index (χ1) is 10.2. The van der Waals surface area contributed by atoms with Gasteiger partial charge in [-0.05, 0) is 51.8 Å². The van der Waals surface area contributed by atoms with Crippen molar-refractivity contribution in [3.8, 4) is 0 Å². The van der Waals surface area contributed by atoms with Gasteiger partial charge in [-0.1, -0.05) is 11.6 Å². The lowest BCUT2D eigenvalue weighted by molar-refractivity contribution is -0.126. The zero-order chi connectivity index (χ0) is 16.1. The number of rotatable bonds is 3. The Balaban J connectivity index is 1.82. The molecular formula is C17H22N2O3. The zero-order valence-corrected chi connectivity index (χ0v) is 13.4. The minimum atomic E-state index is -1.31. The molecule has 0 aliphatic carbocycles. The van der Waals surface area contributed by atoms with Crippen LogP contribution in [0.2, 0.25) is 0 Å². The second-order valence-corrected chi connectivity index (χ2v) is 6.66. The Bertz CT molecular complexity index is 731. The van der Waals surface area contributed by atoms with Crippen LogP contribution in [0.4, 0.5) is 4.79 Å². The molecule has 0 bridgehead atoms. The molecule has 1 fully saturated rings. The Hall–Kier alpha value is -2.01. The van der Waals surface area contributed by atoms with Gasteiger partial charge in [0.15, 0.2) is 11.3 Å². The van der Waals surface area contributed by atoms with Gasteiger partial charge in [-0.25, -0.2) is 4.79 Å². The zero-order valence-electron chi connectivity index (χ0n) is 13.4. The number of aromatic nitrogens is 1. The number of aryl methyl sites for hydroxylation is 1. The van der Waals surface area contributed by atoms with Crippen molar-refractivity contribution in [1.82, 2.24) is 9.88 Å². The van der Waals surface area contributed by atoms with E-state index in [1.807, 2.05) is 6.20 Å². The number of fused-ring (bicyclic) bond motifs is 1. The summed E-state index contributed by atoms with van der Waals surface area (Å²) in [6.45, 7) is 7.54. The van der Waals surface area contributed by atoms with Crippen molar-refractivity contribution in [3.63, 3.8) is 0 Å². The maximum absolute atomic E-state index is 12.0. The summed E-state index contributed by atoms with van der Waals surface area (Å²) in [4.78, 5) is 16.7. The number of nitrogens with zero attached hydrogens (tertiary/aromatic N) is 1. The van der Waals surface area contributed by atoms with E-state index in [1.165, 1.54) is 10.5 Å². The standard InChI is InChI=1S/C17H22N2O3/c1-11-5-6-14-13(9-11)12(10-18-14)7-8-19-15(20)22-16(2,3)17(19,4)21/h5-6,9-10,18,21H,7-8H2,1-4H3/t17-/m1/s1. The predicted octanol–water partition coefficient (Wildman–Crippen LogP) is 2.96. The van der Waals surface area contributed by atoms with Gasteiger partial charge in [-0.3, -0.25) is 4.90 Å². The van der Waals surface area contributed by atoms with E-state index < -0.39 is 17.4 Å². The fourth-order valence-corrected chi connectivity index (χ4v) is 2.91. The Morgan fingerprint density at radius 3 is 2.68 bits per heavy atom. The number of H-pyrrole nitrogens is 1. The van der Waals surface area contributed by atoms with E-state index in [9.17, 15) is 9.90 Å². The highest BCUT2D eigenvalue weighted by Crippen LogP contribution is 2.37. The normalized spacial score (nSPS) is 24.0. The number of amides is 1. The number of carbonyl (C=O) groups is 1. The first kappa shape index (κ1) is 14.9. The molecule has 5 heteroatoms. The van der Waals surface area contributed by atoms with Crippen molar-refractivity contribution in [2.24, 2.45) is 0 Å². The van der Waals surface area contributed by atoms with Gasteiger partial charge in [0.1, 0.15) is 0 Å². The van der Waals surface area contributed by atoms with E-state index in [0.29, 0.717) is 13.0 Å². The van der Waals surface area contributed by atoms with E-state index in [2.05, 4.69) is 30.1 Å². The lowest BCUT2D eigenvalue weighted by Crippen LogP contribution is -2.54. The molecule has 1 atom stereocenters. The van der Waals surface area contributed by atoms with Gasteiger partial charge < -0.3 is 14.8 Å². The molecule has 1 saturated heterocycles. The van der Waals surface area contributed by atoms with E-state index in [4.69, 9.17) is 4.74 Å². The summed E-state index contributed by atoms with van der Waals surface area (Å²) in [7, 11) is 0. The molecule has 1 amide bonds. The molecule has 1 aromatic carbocycles. The van der Waals surface area contributed by atoms with E-state index in [0.717, 1.165) is 16.5 Å². The maximum Gasteiger partial charge on any atom is 0.412 e. The second-order valence-electron chi connectivity index (χ2n) is 6.66. The minimum Gasteiger partial charge on any atom is -0.438 e. The van der Waals surface area contributed by atoms with Crippen molar-refractivity contribution < 1.29 is 14.6 Å². The molecule has 0 radical (unpaired) electrons. The number of aromatic amines is 1. The molecule has 2 heterocycles. The van der Waals surface area contributed by atoms with E-state index >= 15 is 0 Å². The topological polar surface area (TPSA) is 65.6 Å². The second kappa shape index (κ2) is 4.74. The molecule has 1 aliphatic rings. The third-order valence-electron chi connectivity index (χ3n) is 4.76. The smallest absolute Gasteiger partial charge is 0.412 e. The molecule has 1 aromatic heterocycles. The van der Waals surface area contributed by atoms with Crippen LogP contribution >= 0.6 is 0 Å². The SMILES string of the molecule is Cc1ccc2[nH]cc(CCN3C(=O)OC(C)(C)[C@@]3(C)O)c2c1. The van der Waals surface area contributed by atoms with Crippen LogP contribution in [-0.2, 0) is 11.2 Å². The van der Waals surface area contributed by atoms with Gasteiger partial charge in [0, 0.05) is 23.6 Å². The highest BCUT2D eigenvalue weighted by molar-refractivity contribution is 5.84. The van der Waals surface area contributed by atoms with Crippen LogP contribution in [0, 0.1) is 6.92 Å². The van der Waals surface area contributed by atoms with Crippen LogP contribution in [0.3, 0.4) is 0 Å². The van der Waals surface area contributed by atoms with Gasteiger partial charge >= 0.3 is 6.09 Å². The number of ether oxygens (including phenoxy) is 1. The number of hydrogen-bond donors (Lipinski definition) is 2. The molecule has 0 unspecified atom stereocenters. The van der Waals surface area contributed by atoms with Crippen molar-refractivity contribution in [2.75, 3.05) is 6.54 Å². The number of nitrogens with one attached hydrogen (secondary N) is 1. The van der Waals surface area contributed by atoms with E-state index in [-0.39, 0.29) is 0 Å². The van der Waals surface area contributed by atoms with Gasteiger partial charge in [-0.15, -0.1) is 0 Å². The first-order valence-corrected chi connectivity index (χ1v) is 7.52. The van der Waals surface area contributed by atoms with Crippen LogP contribution in [0.15, 0.2) is 24.4 Å². The van der Waals surface area contributed by atoms with E-state index in [1.54, 1.807) is 20.8 Å². The van der Waals surface area contributed by atoms with Gasteiger partial charge in [0.2, 0.25) is 0 Å². The monoisotopic (exact) mass is 302 g/mol. The summed E-state index contributed by atoms with van der Waals surface area (Å²) in [6.07, 6.45) is 2.15. The van der Waals surface area contributed by atoms with Crippen molar-refractivity contribution in [3.05, 3.63) is 35.5 Å². The highest BCUT2D eigenvalue weighted by atomic mass is 16.6. The number of hydrogen-bond acceptors (Lipinski definition) is 3. The Kier molecular flexibility index (Phi) is 3.22. The maximum atomic E-state index is 12.0. The fraction of sp³-hybridized carbons (Fsp3) is 0.471. The highest BCUT2D eigenvalue weighted by Gasteiger charge is 2.56. The molecule has 0 spiro atoms. The van der Waals surface area contributed by atoms with Crippen LogP contribution in [0.5, 0.6) is 0 Å². The lowest BCUT2D eigenvalue weighted by Gasteiger charge is -2.34. The average molecular weight is 302 g/mol. The summed E-state index contributed by atoms with van der Waals surface area (Å²) < 4.78 is 5.28. The van der Waals surface area contributed by atoms with Crippen LogP contribution in [-0.4, -0.2) is 39.0 Å². The summed E-state index contributed by atoms with van der Waals surface area (Å²) in [6, 6.07) is 6.25. The van der Waals surface area contributed by atoms with Crippen molar-refractivity contribution in [1.29, 1.82) is 0 Å². The molecule has 2 aromatic rings. The molecule has 22 heavy (non-hydrogen) atoms. The first-order valence-electron chi connectivity index (χ1n) is 7.52. The Morgan fingerprint density at radius 2 is 2.05 bits per heavy atom. The molecule has 3 rings (SSSR count). The van der Waals surface area contributed by atoms with Gasteiger partial charge in [-0.2, -0.15) is 0 Å². The molecule has 5 nitrogen and oxygen atoms in total. The van der Waals surface area contributed by atoms with Gasteiger partial charge in [0.05, 0.1) is 0 Å². The third-order valence-corrected chi connectivity index (χ3v) is 4.76. The third kappa shape index (κ3) is 2.16. The summed E-state index contributed by atoms with van der Waals surface area (Å²) >= 11 is 0.